The molecular weight excluding hydrogens is 490 g/mol. The molecule has 0 aliphatic carbocycles. The lowest BCUT2D eigenvalue weighted by molar-refractivity contribution is 0.154. The fourth-order valence-electron chi connectivity index (χ4n) is 3.75. The smallest absolute Gasteiger partial charge is 0.247 e. The van der Waals surface area contributed by atoms with Gasteiger partial charge in [-0.05, 0) is 73.8 Å². The van der Waals surface area contributed by atoms with E-state index in [4.69, 9.17) is 15.4 Å². The summed E-state index contributed by atoms with van der Waals surface area (Å²) in [7, 11) is -5.37. The van der Waals surface area contributed by atoms with Crippen molar-refractivity contribution in [2.45, 2.75) is 76.1 Å². The minimum absolute atomic E-state index is 0.0427. The van der Waals surface area contributed by atoms with E-state index in [2.05, 4.69) is 55.8 Å². The van der Waals surface area contributed by atoms with E-state index >= 15 is 0 Å². The van der Waals surface area contributed by atoms with Gasteiger partial charge in [0.05, 0.1) is 23.5 Å². The molecule has 9 heteroatoms. The molecule has 2 atom stereocenters. The first-order valence-corrected chi connectivity index (χ1v) is 16.7. The van der Waals surface area contributed by atoms with Gasteiger partial charge in [-0.15, -0.1) is 10.2 Å². The van der Waals surface area contributed by atoms with Crippen molar-refractivity contribution >= 4 is 23.8 Å². The van der Waals surface area contributed by atoms with E-state index < -0.39 is 18.2 Å². The first-order chi connectivity index (χ1) is 16.6. The lowest BCUT2D eigenvalue weighted by Crippen LogP contribution is -2.44. The third-order valence-corrected chi connectivity index (χ3v) is 12.7. The molecule has 0 aliphatic heterocycles. The van der Waals surface area contributed by atoms with Gasteiger partial charge in [0, 0.05) is 11.8 Å². The van der Waals surface area contributed by atoms with Gasteiger partial charge in [0.15, 0.2) is 23.8 Å². The molecule has 36 heavy (non-hydrogen) atoms. The summed E-state index contributed by atoms with van der Waals surface area (Å²) in [6, 6.07) is 12.3. The summed E-state index contributed by atoms with van der Waals surface area (Å²) in [4.78, 5) is 3.80. The second-order valence-corrected chi connectivity index (χ2v) is 17.6. The zero-order valence-electron chi connectivity index (χ0n) is 22.3. The van der Waals surface area contributed by atoms with E-state index in [1.54, 1.807) is 12.1 Å². The van der Waals surface area contributed by atoms with Crippen LogP contribution in [0.4, 0.5) is 5.69 Å². The molecule has 1 aromatic heterocycles. The van der Waals surface area contributed by atoms with Crippen LogP contribution in [0, 0.1) is 13.5 Å². The molecule has 0 spiro atoms. The molecule has 0 fully saturated rings. The minimum atomic E-state index is -3.29. The van der Waals surface area contributed by atoms with Gasteiger partial charge >= 0.3 is 0 Å². The highest BCUT2D eigenvalue weighted by Gasteiger charge is 2.40. The molecule has 3 rings (SSSR count). The third-order valence-electron chi connectivity index (χ3n) is 6.98. The quantitative estimate of drug-likeness (QED) is 0.239. The number of rotatable bonds is 8. The summed E-state index contributed by atoms with van der Waals surface area (Å²) >= 11 is 0. The summed E-state index contributed by atoms with van der Waals surface area (Å²) in [5.74, 6) is 0.596. The lowest BCUT2D eigenvalue weighted by Gasteiger charge is -2.40. The molecule has 0 saturated carbocycles. The molecular formula is C27H35N3O4SSi. The van der Waals surface area contributed by atoms with Crippen molar-refractivity contribution in [2.24, 2.45) is 0 Å². The van der Waals surface area contributed by atoms with E-state index in [1.165, 1.54) is 18.4 Å². The van der Waals surface area contributed by atoms with Crippen LogP contribution in [0.2, 0.25) is 18.1 Å². The molecule has 3 aromatic rings. The fourth-order valence-corrected chi connectivity index (χ4v) is 5.83. The summed E-state index contributed by atoms with van der Waals surface area (Å²) in [5, 5.41) is 8.69. The van der Waals surface area contributed by atoms with Gasteiger partial charge in [-0.3, -0.25) is 0 Å². The Morgan fingerprint density at radius 2 is 1.75 bits per heavy atom. The summed E-state index contributed by atoms with van der Waals surface area (Å²) in [6.45, 7) is 22.4. The van der Waals surface area contributed by atoms with Gasteiger partial charge < -0.3 is 8.84 Å². The van der Waals surface area contributed by atoms with Crippen molar-refractivity contribution in [3.63, 3.8) is 0 Å². The van der Waals surface area contributed by atoms with Crippen LogP contribution in [0.3, 0.4) is 0 Å². The highest BCUT2D eigenvalue weighted by atomic mass is 32.2. The highest BCUT2D eigenvalue weighted by molar-refractivity contribution is 7.90. The van der Waals surface area contributed by atoms with Crippen LogP contribution in [0.1, 0.15) is 50.6 Å². The van der Waals surface area contributed by atoms with Crippen LogP contribution in [0.15, 0.2) is 51.8 Å². The number of hydrogen-bond acceptors (Lipinski definition) is 6. The van der Waals surface area contributed by atoms with Crippen LogP contribution in [-0.2, 0) is 20.7 Å². The standard InChI is InChI=1S/C27H35N3O4SSi/c1-18-16-20(10-15-24(18)28-6)17-23(19(2)34-36(8,9)27(3,4)5)26-30-29-25(33-26)21-11-13-22(14-12-21)35(7,31)32/h10-16,19,23H,17H2,1-5,7-9H3/t19-,23-/m1/s1. The average Bonchev–Trinajstić information content (AvgIpc) is 3.26. The Balaban J connectivity index is 1.97. The average molecular weight is 526 g/mol. The molecule has 192 valence electrons. The lowest BCUT2D eigenvalue weighted by atomic mass is 9.93. The van der Waals surface area contributed by atoms with E-state index in [0.717, 1.165) is 11.1 Å². The van der Waals surface area contributed by atoms with E-state index in [0.29, 0.717) is 29.5 Å². The van der Waals surface area contributed by atoms with Gasteiger partial charge in [-0.25, -0.2) is 13.3 Å². The predicted octanol–water partition coefficient (Wildman–Crippen LogP) is 6.74. The van der Waals surface area contributed by atoms with Crippen LogP contribution < -0.4 is 0 Å². The van der Waals surface area contributed by atoms with E-state index in [-0.39, 0.29) is 22.0 Å². The molecule has 0 aliphatic rings. The topological polar surface area (TPSA) is 86.7 Å². The van der Waals surface area contributed by atoms with Crippen molar-refractivity contribution in [1.29, 1.82) is 0 Å². The van der Waals surface area contributed by atoms with E-state index in [9.17, 15) is 8.42 Å². The van der Waals surface area contributed by atoms with Crippen LogP contribution >= 0.6 is 0 Å². The minimum Gasteiger partial charge on any atom is -0.420 e. The van der Waals surface area contributed by atoms with Gasteiger partial charge in [0.25, 0.3) is 0 Å². The maximum Gasteiger partial charge on any atom is 0.247 e. The number of aryl methyl sites for hydroxylation is 1. The second-order valence-electron chi connectivity index (χ2n) is 10.9. The zero-order valence-corrected chi connectivity index (χ0v) is 24.1. The maximum atomic E-state index is 11.8. The predicted molar refractivity (Wildman–Crippen MR) is 144 cm³/mol. The van der Waals surface area contributed by atoms with Gasteiger partial charge in [-0.1, -0.05) is 39.0 Å². The van der Waals surface area contributed by atoms with Gasteiger partial charge in [0.1, 0.15) is 0 Å². The Hall–Kier alpha value is -2.80. The van der Waals surface area contributed by atoms with Crippen LogP contribution in [0.5, 0.6) is 0 Å². The third kappa shape index (κ3) is 6.30. The number of nitrogens with zero attached hydrogens (tertiary/aromatic N) is 3. The Kier molecular flexibility index (Phi) is 7.94. The van der Waals surface area contributed by atoms with E-state index in [1.807, 2.05) is 25.1 Å². The van der Waals surface area contributed by atoms with Gasteiger partial charge in [-0.2, -0.15) is 0 Å². The summed E-state index contributed by atoms with van der Waals surface area (Å²) < 4.78 is 36.5. The molecule has 0 bridgehead atoms. The number of aromatic nitrogens is 2. The molecule has 0 unspecified atom stereocenters. The SMILES string of the molecule is [C-]#[N+]c1ccc(C[C@@H](c2nnc(-c3ccc(S(C)(=O)=O)cc3)o2)[C@@H](C)O[Si](C)(C)C(C)(C)C)cc1C. The van der Waals surface area contributed by atoms with Crippen molar-refractivity contribution < 1.29 is 17.3 Å². The van der Waals surface area contributed by atoms with Crippen LogP contribution in [-0.4, -0.2) is 39.3 Å². The number of sulfone groups is 1. The molecule has 2 aromatic carbocycles. The Morgan fingerprint density at radius 3 is 2.28 bits per heavy atom. The van der Waals surface area contributed by atoms with Gasteiger partial charge in [0.2, 0.25) is 11.8 Å². The molecule has 0 saturated heterocycles. The second kappa shape index (κ2) is 10.3. The molecule has 1 heterocycles. The summed E-state index contributed by atoms with van der Waals surface area (Å²) in [6.07, 6.45) is 1.60. The molecule has 0 N–H and O–H groups in total. The van der Waals surface area contributed by atoms with Crippen molar-refractivity contribution in [3.05, 3.63) is 70.9 Å². The number of benzene rings is 2. The Bertz CT molecular complexity index is 1370. The first kappa shape index (κ1) is 27.8. The molecule has 0 amide bonds. The van der Waals surface area contributed by atoms with Crippen LogP contribution in [0.25, 0.3) is 16.3 Å². The van der Waals surface area contributed by atoms with Crippen molar-refractivity contribution in [3.8, 4) is 11.5 Å². The largest absolute Gasteiger partial charge is 0.420 e. The fraction of sp³-hybridized carbons (Fsp3) is 0.444. The Labute approximate surface area is 215 Å². The van der Waals surface area contributed by atoms with Crippen molar-refractivity contribution in [1.82, 2.24) is 10.2 Å². The normalized spacial score (nSPS) is 14.3. The summed E-state index contributed by atoms with van der Waals surface area (Å²) in [5.41, 5.74) is 3.28. The molecule has 7 nitrogen and oxygen atoms in total. The zero-order chi connectivity index (χ0) is 26.9. The van der Waals surface area contributed by atoms with Crippen molar-refractivity contribution in [2.75, 3.05) is 6.26 Å². The monoisotopic (exact) mass is 525 g/mol. The highest BCUT2D eigenvalue weighted by Crippen LogP contribution is 2.40. The Morgan fingerprint density at radius 1 is 1.11 bits per heavy atom. The molecule has 0 radical (unpaired) electrons. The maximum absolute atomic E-state index is 11.8. The first-order valence-electron chi connectivity index (χ1n) is 11.9. The number of hydrogen-bond donors (Lipinski definition) is 0.